The number of aromatic hydroxyl groups is 1. The monoisotopic (exact) mass is 1840 g/mol. The average Bonchev–Trinajstić information content (AvgIpc) is 1.68. The molecule has 1 saturated heterocycles. The van der Waals surface area contributed by atoms with Gasteiger partial charge < -0.3 is 52.5 Å². The van der Waals surface area contributed by atoms with E-state index in [0.29, 0.717) is 133 Å². The number of carbonyl (C=O) groups is 3. The van der Waals surface area contributed by atoms with Crippen LogP contribution in [0.5, 0.6) is 34.5 Å². The van der Waals surface area contributed by atoms with Crippen molar-refractivity contribution in [3.63, 3.8) is 0 Å². The van der Waals surface area contributed by atoms with Gasteiger partial charge in [0.1, 0.15) is 147 Å². The number of alkyl halides is 1. The molecule has 35 heteroatoms. The highest BCUT2D eigenvalue weighted by Crippen LogP contribution is 2.34. The first-order chi connectivity index (χ1) is 47.2. The molecule has 28 nitrogen and oxygen atoms in total. The summed E-state index contributed by atoms with van der Waals surface area (Å²) < 4.78 is 55.0. The summed E-state index contributed by atoms with van der Waals surface area (Å²) in [5.74, 6) is 2.14. The van der Waals surface area contributed by atoms with Gasteiger partial charge in [0.25, 0.3) is 5.91 Å². The average molecular weight is 1850 g/mol. The number of carbonyl (C=O) groups excluding carboxylic acids is 3. The van der Waals surface area contributed by atoms with E-state index in [1.165, 1.54) is 40.2 Å². The van der Waals surface area contributed by atoms with Crippen LogP contribution in [0.1, 0.15) is 63.5 Å². The zero-order valence-corrected chi connectivity index (χ0v) is 65.1. The lowest BCUT2D eigenvalue weighted by molar-refractivity contribution is -0.121. The number of pyridine rings is 6. The number of rotatable bonds is 26. The van der Waals surface area contributed by atoms with Crippen LogP contribution in [0.4, 0.5) is 5.13 Å². The number of halogens is 6. The molecule has 98 heavy (non-hydrogen) atoms. The van der Waals surface area contributed by atoms with Crippen molar-refractivity contribution in [3.05, 3.63) is 134 Å². The lowest BCUT2D eigenvalue weighted by Crippen LogP contribution is -2.42. The number of nitriles is 5. The molecule has 0 unspecified atom stereocenters. The second-order valence-electron chi connectivity index (χ2n) is 18.6. The molecule has 1 N–H and O–H groups in total. The Labute approximate surface area is 631 Å². The van der Waals surface area contributed by atoms with Crippen LogP contribution in [0.15, 0.2) is 92.0 Å². The molecule has 8 heterocycles. The Hall–Kier alpha value is -7.43. The number of likely N-dealkylation sites (N-methyl/N-ethyl adjacent to an activating group) is 1. The summed E-state index contributed by atoms with van der Waals surface area (Å²) in [4.78, 5) is 67.4. The molecular formula is C63H64Br4I2N14O14S. The topological polar surface area (TPSA) is 379 Å². The molecule has 8 rings (SSSR count). The fourth-order valence-corrected chi connectivity index (χ4v) is 11.0. The smallest absolute Gasteiger partial charge is 0.251 e. The van der Waals surface area contributed by atoms with Gasteiger partial charge in [0.05, 0.1) is 38.4 Å². The summed E-state index contributed by atoms with van der Waals surface area (Å²) in [5, 5.41) is 55.7. The van der Waals surface area contributed by atoms with Gasteiger partial charge in [0.2, 0.25) is 0 Å². The van der Waals surface area contributed by atoms with Crippen molar-refractivity contribution in [2.24, 2.45) is 0 Å². The largest absolute Gasteiger partial charge is 0.505 e. The Balaban J connectivity index is 0.000000319. The van der Waals surface area contributed by atoms with Crippen molar-refractivity contribution in [1.29, 1.82) is 26.3 Å². The zero-order chi connectivity index (χ0) is 72.4. The molecule has 7 aromatic rings. The lowest BCUT2D eigenvalue weighted by Gasteiger charge is -2.22. The van der Waals surface area contributed by atoms with Gasteiger partial charge in [-0.2, -0.15) is 26.3 Å². The Kier molecular flexibility index (Phi) is 41.8. The predicted molar refractivity (Wildman–Crippen MR) is 389 cm³/mol. The fraction of sp³-hybridized carbons (Fsp3) is 0.349. The third-order valence-corrected chi connectivity index (χ3v) is 16.2. The van der Waals surface area contributed by atoms with Crippen LogP contribution in [0, 0.1) is 64.2 Å². The Bertz CT molecular complexity index is 3930. The summed E-state index contributed by atoms with van der Waals surface area (Å²) >= 11 is 18.2. The molecule has 1 aliphatic heterocycles. The molecule has 518 valence electrons. The second kappa shape index (κ2) is 48.3. The van der Waals surface area contributed by atoms with Crippen LogP contribution >= 0.6 is 120 Å². The van der Waals surface area contributed by atoms with Gasteiger partial charge in [-0.1, -0.05) is 15.9 Å². The highest BCUT2D eigenvalue weighted by Gasteiger charge is 2.33. The molecule has 0 aliphatic carbocycles. The number of hydrogen-bond donors (Lipinski definition) is 1. The predicted octanol–water partition coefficient (Wildman–Crippen LogP) is 11.1. The third kappa shape index (κ3) is 30.0. The number of hydrogen-bond acceptors (Lipinski definition) is 28. The molecular weight excluding hydrogens is 1780 g/mol. The number of nitrogens with zero attached hydrogens (tertiary/aromatic N) is 14. The van der Waals surface area contributed by atoms with E-state index in [9.17, 15) is 24.9 Å². The fourth-order valence-electron chi connectivity index (χ4n) is 7.24. The quantitative estimate of drug-likeness (QED) is 0.0131. The highest BCUT2D eigenvalue weighted by atomic mass is 127. The van der Waals surface area contributed by atoms with Gasteiger partial charge in [-0.15, -0.1) is 11.3 Å². The molecule has 0 bridgehead atoms. The zero-order valence-electron chi connectivity index (χ0n) is 53.7. The number of amides is 1. The van der Waals surface area contributed by atoms with E-state index >= 15 is 0 Å². The van der Waals surface area contributed by atoms with Gasteiger partial charge in [-0.05, 0) is 179 Å². The van der Waals surface area contributed by atoms with Gasteiger partial charge in [-0.25, -0.2) is 34.9 Å². The molecule has 0 saturated carbocycles. The molecule has 0 radical (unpaired) electrons. The molecule has 1 atom stereocenters. The Morgan fingerprint density at radius 2 is 0.969 bits per heavy atom. The number of methoxy groups -OCH3 is 5. The first-order valence-electron chi connectivity index (χ1n) is 28.4. The van der Waals surface area contributed by atoms with E-state index in [4.69, 9.17) is 68.3 Å². The summed E-state index contributed by atoms with van der Waals surface area (Å²) in [6.45, 7) is 6.33. The van der Waals surface area contributed by atoms with Crippen molar-refractivity contribution in [1.82, 2.24) is 39.8 Å². The highest BCUT2D eigenvalue weighted by molar-refractivity contribution is 14.1. The number of ether oxygens (including phenoxy) is 10. The van der Waals surface area contributed by atoms with Gasteiger partial charge in [0, 0.05) is 61.4 Å². The SMILES string of the molecule is COCCOc1ccc(C#N)nc1-c1csc(N(C)C(=O)[C@@H]2CCCN2C#N)n1.COCCOc1ccc(C#N)nc1Br.COCCOc1ccc(C#N)nc1C(=O)CBr.COCCOc1ccc(C#N)nc1C(C)=O.COCCOc1ccc(I)nc1Br.Oc1ccc(I)nc1Br. The number of ketones is 2. The van der Waals surface area contributed by atoms with Crippen LogP contribution in [0.2, 0.25) is 0 Å². The minimum Gasteiger partial charge on any atom is -0.505 e. The maximum Gasteiger partial charge on any atom is 0.251 e. The van der Waals surface area contributed by atoms with Crippen LogP contribution in [0.25, 0.3) is 11.4 Å². The van der Waals surface area contributed by atoms with Crippen LogP contribution < -0.4 is 28.6 Å². The number of thiazole rings is 1. The first kappa shape index (κ1) is 84.8. The van der Waals surface area contributed by atoms with E-state index in [1.54, 1.807) is 96.5 Å². The first-order valence-corrected chi connectivity index (χ1v) is 35.0. The summed E-state index contributed by atoms with van der Waals surface area (Å²) in [5.41, 5.74) is 2.27. The van der Waals surface area contributed by atoms with E-state index < -0.39 is 6.04 Å². The Morgan fingerprint density at radius 1 is 0.561 bits per heavy atom. The van der Waals surface area contributed by atoms with Gasteiger partial charge in [0.15, 0.2) is 40.1 Å². The van der Waals surface area contributed by atoms with Crippen LogP contribution in [-0.4, -0.2) is 189 Å². The van der Waals surface area contributed by atoms with Crippen molar-refractivity contribution < 1.29 is 66.9 Å². The van der Waals surface area contributed by atoms with Crippen LogP contribution in [0.3, 0.4) is 0 Å². The summed E-state index contributed by atoms with van der Waals surface area (Å²) in [6.07, 6.45) is 3.54. The molecule has 1 aliphatic rings. The maximum absolute atomic E-state index is 12.8. The summed E-state index contributed by atoms with van der Waals surface area (Å²) in [6, 6.07) is 27.1. The van der Waals surface area contributed by atoms with Crippen molar-refractivity contribution in [2.75, 3.05) is 125 Å². The number of anilines is 1. The lowest BCUT2D eigenvalue weighted by atomic mass is 10.2. The summed E-state index contributed by atoms with van der Waals surface area (Å²) in [7, 11) is 9.60. The normalized spacial score (nSPS) is 11.4. The molecule has 7 aromatic heterocycles. The molecule has 1 fully saturated rings. The second-order valence-corrected chi connectivity index (χ2v) is 24.5. The van der Waals surface area contributed by atoms with Crippen molar-refractivity contribution >= 4 is 143 Å². The van der Waals surface area contributed by atoms with E-state index in [2.05, 4.69) is 150 Å². The van der Waals surface area contributed by atoms with E-state index in [0.717, 1.165) is 24.2 Å². The van der Waals surface area contributed by atoms with E-state index in [-0.39, 0.29) is 57.0 Å². The van der Waals surface area contributed by atoms with Crippen LogP contribution in [-0.2, 0) is 28.5 Å². The molecule has 0 spiro atoms. The minimum atomic E-state index is -0.453. The standard InChI is InChI=1S/C19H20N6O3S.C11H11BrN2O3.C11H12N2O3.C9H9BrN2O2.C8H9BrINO2.C5H3BrINO/c1-24(18(26)15-4-3-7-25(15)12-21)19-23-14(11-29-19)17-16(28-9-8-27-2)6-5-13(10-20)22-17;1-16-4-5-17-10-3-2-8(7-13)14-11(10)9(15)6-12;1-8(14)11-10(16-6-5-15-2)4-3-9(7-12)13-11;1-13-4-5-14-8-3-2-7(6-11)12-9(8)10;1-12-4-5-13-6-2-3-7(10)11-8(6)9;6-5-3(9)1-2-4(7)8-5/h5-6,11,15H,3-4,7-9H2,1-2H3;2-3H,4-6H2,1H3;3-4H,5-6H2,1-2H3;2-3H,4-5H2,1H3;2-3H,4-5H2,1H3;1-2,9H/t15-;;;;;/m0...../s1. The Morgan fingerprint density at radius 3 is 1.41 bits per heavy atom. The number of likely N-dealkylation sites (tertiary alicyclic amines) is 1. The van der Waals surface area contributed by atoms with Crippen molar-refractivity contribution in [2.45, 2.75) is 25.8 Å². The number of Topliss-reactive ketones (excluding diaryl/α,β-unsaturated/α-hetero) is 2. The van der Waals surface area contributed by atoms with E-state index in [1.807, 2.05) is 36.4 Å². The molecule has 0 aromatic carbocycles. The van der Waals surface area contributed by atoms with Gasteiger partial charge >= 0.3 is 0 Å². The van der Waals surface area contributed by atoms with Crippen molar-refractivity contribution in [3.8, 4) is 76.4 Å². The molecule has 1 amide bonds. The minimum absolute atomic E-state index is 0.134. The maximum atomic E-state index is 12.8. The van der Waals surface area contributed by atoms with Gasteiger partial charge in [-0.3, -0.25) is 24.2 Å². The number of aromatic nitrogens is 7. The third-order valence-electron chi connectivity index (χ3n) is 11.9.